The number of carbonyl (C=O) groups is 1. The van der Waals surface area contributed by atoms with Crippen molar-refractivity contribution in [3.8, 4) is 0 Å². The van der Waals surface area contributed by atoms with Crippen LogP contribution in [-0.2, 0) is 26.0 Å². The normalized spacial score (nSPS) is 13.3. The predicted molar refractivity (Wildman–Crippen MR) is 109 cm³/mol. The summed E-state index contributed by atoms with van der Waals surface area (Å²) in [5, 5.41) is -0.203. The smallest absolute Gasteiger partial charge is 0.425 e. The summed E-state index contributed by atoms with van der Waals surface area (Å²) in [6.45, 7) is 14.7. The van der Waals surface area contributed by atoms with E-state index in [1.807, 2.05) is 39.9 Å². The largest absolute Gasteiger partial charge is 0.443 e. The van der Waals surface area contributed by atoms with E-state index in [2.05, 4.69) is 4.89 Å². The van der Waals surface area contributed by atoms with Gasteiger partial charge in [-0.05, 0) is 44.5 Å². The molecule has 0 heterocycles. The first kappa shape index (κ1) is 23.6. The summed E-state index contributed by atoms with van der Waals surface area (Å²) < 4.78 is 37.2. The Morgan fingerprint density at radius 1 is 1.07 bits per heavy atom. The average molecular weight is 417 g/mol. The highest BCUT2D eigenvalue weighted by molar-refractivity contribution is 7.87. The van der Waals surface area contributed by atoms with Gasteiger partial charge in [-0.25, -0.2) is 4.79 Å². The number of ether oxygens (including phenoxy) is 1. The van der Waals surface area contributed by atoms with E-state index in [4.69, 9.17) is 9.26 Å². The molecular formula is C18H32N2O5SSi. The molecule has 0 unspecified atom stereocenters. The van der Waals surface area contributed by atoms with Crippen LogP contribution in [0.1, 0.15) is 47.1 Å². The molecule has 0 fully saturated rings. The molecule has 1 amide bonds. The zero-order chi connectivity index (χ0) is 21.1. The summed E-state index contributed by atoms with van der Waals surface area (Å²) in [5.41, 5.74) is -0.178. The number of carbonyl (C=O) groups excluding carboxylic acids is 1. The van der Waals surface area contributed by atoms with Crippen molar-refractivity contribution >= 4 is 24.6 Å². The van der Waals surface area contributed by atoms with Gasteiger partial charge in [0.15, 0.2) is 0 Å². The highest BCUT2D eigenvalue weighted by Gasteiger charge is 2.41. The monoisotopic (exact) mass is 416 g/mol. The third-order valence-corrected chi connectivity index (χ3v) is 9.79. The summed E-state index contributed by atoms with van der Waals surface area (Å²) in [4.78, 5) is 14.7. The quantitative estimate of drug-likeness (QED) is 0.555. The fourth-order valence-corrected chi connectivity index (χ4v) is 3.87. The molecule has 0 saturated carbocycles. The second-order valence-corrected chi connectivity index (χ2v) is 15.2. The second-order valence-electron chi connectivity index (χ2n) is 8.92. The Balaban J connectivity index is 3.10. The lowest BCUT2D eigenvalue weighted by molar-refractivity contribution is 0.0371. The van der Waals surface area contributed by atoms with E-state index in [1.165, 1.54) is 0 Å². The Hall–Kier alpha value is -1.42. The first-order valence-electron chi connectivity index (χ1n) is 8.79. The molecule has 1 aromatic carbocycles. The number of rotatable bonds is 6. The maximum absolute atomic E-state index is 12.8. The molecule has 0 bridgehead atoms. The molecule has 27 heavy (non-hydrogen) atoms. The van der Waals surface area contributed by atoms with Gasteiger partial charge in [-0.3, -0.25) is 0 Å². The molecule has 0 radical (unpaired) electrons. The number of hydrogen-bond acceptors (Lipinski definition) is 5. The van der Waals surface area contributed by atoms with E-state index in [0.29, 0.717) is 9.87 Å². The number of benzene rings is 1. The molecule has 0 aromatic heterocycles. The van der Waals surface area contributed by atoms with Gasteiger partial charge in [0.25, 0.3) is 0 Å². The van der Waals surface area contributed by atoms with Crippen LogP contribution < -0.4 is 4.89 Å². The number of amides is 1. The van der Waals surface area contributed by atoms with Gasteiger partial charge in [-0.2, -0.15) is 12.7 Å². The van der Waals surface area contributed by atoms with E-state index >= 15 is 0 Å². The number of hydrogen-bond donors (Lipinski definition) is 1. The third-order valence-electron chi connectivity index (χ3n) is 4.26. The minimum atomic E-state index is -4.26. The molecular weight excluding hydrogens is 384 g/mol. The van der Waals surface area contributed by atoms with Crippen LogP contribution in [0.15, 0.2) is 30.3 Å². The fourth-order valence-electron chi connectivity index (χ4n) is 1.66. The molecule has 0 aliphatic rings. The second kappa shape index (κ2) is 8.30. The minimum absolute atomic E-state index is 0.161. The maximum atomic E-state index is 12.8. The van der Waals surface area contributed by atoms with Crippen molar-refractivity contribution in [3.05, 3.63) is 35.9 Å². The van der Waals surface area contributed by atoms with Crippen LogP contribution in [-0.4, -0.2) is 32.7 Å². The van der Waals surface area contributed by atoms with Crippen molar-refractivity contribution in [3.63, 3.8) is 0 Å². The number of nitrogens with one attached hydrogen (secondary N) is 1. The summed E-state index contributed by atoms with van der Waals surface area (Å²) in [7, 11) is -6.67. The summed E-state index contributed by atoms with van der Waals surface area (Å²) in [6.07, 6.45) is -0.960. The molecule has 0 aliphatic heterocycles. The SMILES string of the molecule is CC(C)(C)OC(=O)N(Cc1ccccc1)S(=O)(=O)NO[Si](C)(C)C(C)(C)C. The van der Waals surface area contributed by atoms with E-state index in [0.717, 1.165) is 0 Å². The molecule has 7 nitrogen and oxygen atoms in total. The van der Waals surface area contributed by atoms with Gasteiger partial charge >= 0.3 is 16.3 Å². The van der Waals surface area contributed by atoms with E-state index in [-0.39, 0.29) is 11.6 Å². The topological polar surface area (TPSA) is 84.9 Å². The van der Waals surface area contributed by atoms with Crippen molar-refractivity contribution in [1.82, 2.24) is 9.19 Å². The van der Waals surface area contributed by atoms with Crippen molar-refractivity contribution in [2.45, 2.75) is 71.8 Å². The van der Waals surface area contributed by atoms with Gasteiger partial charge < -0.3 is 9.26 Å². The lowest BCUT2D eigenvalue weighted by Gasteiger charge is -2.36. The highest BCUT2D eigenvalue weighted by Crippen LogP contribution is 2.36. The standard InChI is InChI=1S/C18H32N2O5SSi/c1-17(2,3)24-16(21)20(14-15-12-10-9-11-13-15)26(22,23)19-25-27(7,8)18(4,5)6/h9-13,19H,14H2,1-8H3. The Labute approximate surface area is 164 Å². The molecule has 0 atom stereocenters. The predicted octanol–water partition coefficient (Wildman–Crippen LogP) is 4.19. The molecule has 0 spiro atoms. The first-order valence-corrected chi connectivity index (χ1v) is 13.1. The zero-order valence-corrected chi connectivity index (χ0v) is 19.3. The van der Waals surface area contributed by atoms with Gasteiger partial charge in [-0.1, -0.05) is 56.0 Å². The van der Waals surface area contributed by atoms with Crippen LogP contribution in [0.25, 0.3) is 0 Å². The van der Waals surface area contributed by atoms with Gasteiger partial charge in [0.1, 0.15) is 5.60 Å². The van der Waals surface area contributed by atoms with Crippen LogP contribution in [0.3, 0.4) is 0 Å². The molecule has 9 heteroatoms. The third kappa shape index (κ3) is 7.25. The van der Waals surface area contributed by atoms with Crippen LogP contribution in [0.5, 0.6) is 0 Å². The average Bonchev–Trinajstić information content (AvgIpc) is 2.49. The Bertz CT molecular complexity index is 737. The Morgan fingerprint density at radius 2 is 1.59 bits per heavy atom. The zero-order valence-electron chi connectivity index (χ0n) is 17.5. The van der Waals surface area contributed by atoms with Crippen LogP contribution >= 0.6 is 0 Å². The number of nitrogens with zero attached hydrogens (tertiary/aromatic N) is 1. The molecule has 0 aliphatic carbocycles. The van der Waals surface area contributed by atoms with E-state index in [9.17, 15) is 13.2 Å². The fraction of sp³-hybridized carbons (Fsp3) is 0.611. The summed E-state index contributed by atoms with van der Waals surface area (Å²) in [5.74, 6) is 0. The van der Waals surface area contributed by atoms with Gasteiger partial charge in [0, 0.05) is 0 Å². The summed E-state index contributed by atoms with van der Waals surface area (Å²) in [6, 6.07) is 8.83. The van der Waals surface area contributed by atoms with E-state index < -0.39 is 30.2 Å². The molecule has 0 saturated heterocycles. The van der Waals surface area contributed by atoms with Crippen LogP contribution in [0.4, 0.5) is 4.79 Å². The molecule has 1 N–H and O–H groups in total. The van der Waals surface area contributed by atoms with Crippen LogP contribution in [0.2, 0.25) is 18.1 Å². The van der Waals surface area contributed by atoms with Crippen molar-refractivity contribution in [2.75, 3.05) is 0 Å². The van der Waals surface area contributed by atoms with Crippen molar-refractivity contribution in [2.24, 2.45) is 0 Å². The van der Waals surface area contributed by atoms with Gasteiger partial charge in [0.05, 0.1) is 6.54 Å². The summed E-state index contributed by atoms with van der Waals surface area (Å²) >= 11 is 0. The van der Waals surface area contributed by atoms with E-state index in [1.54, 1.807) is 45.0 Å². The molecule has 1 rings (SSSR count). The van der Waals surface area contributed by atoms with Crippen molar-refractivity contribution in [1.29, 1.82) is 0 Å². The first-order chi connectivity index (χ1) is 12.1. The molecule has 154 valence electrons. The maximum Gasteiger partial charge on any atom is 0.425 e. The highest BCUT2D eigenvalue weighted by atomic mass is 32.2. The minimum Gasteiger partial charge on any atom is -0.443 e. The lowest BCUT2D eigenvalue weighted by atomic mass is 10.2. The molecule has 1 aromatic rings. The van der Waals surface area contributed by atoms with Crippen LogP contribution in [0, 0.1) is 0 Å². The Morgan fingerprint density at radius 3 is 2.04 bits per heavy atom. The van der Waals surface area contributed by atoms with Crippen molar-refractivity contribution < 1.29 is 22.5 Å². The van der Waals surface area contributed by atoms with Gasteiger partial charge in [-0.15, -0.1) is 0 Å². The lowest BCUT2D eigenvalue weighted by Crippen LogP contribution is -2.51. The van der Waals surface area contributed by atoms with Gasteiger partial charge in [0.2, 0.25) is 8.32 Å². The Kier molecular flexibility index (Phi) is 7.26.